The number of carbonyl (C=O) groups is 5. The van der Waals surface area contributed by atoms with E-state index in [0.717, 1.165) is 11.3 Å². The molecule has 0 unspecified atom stereocenters. The van der Waals surface area contributed by atoms with Gasteiger partial charge in [0.05, 0.1) is 11.7 Å². The molecule has 2 aliphatic heterocycles. The van der Waals surface area contributed by atoms with E-state index >= 15 is 0 Å². The van der Waals surface area contributed by atoms with E-state index in [-0.39, 0.29) is 37.1 Å². The Kier molecular flexibility index (Phi) is 13.3. The first-order valence-electron chi connectivity index (χ1n) is 17.7. The summed E-state index contributed by atoms with van der Waals surface area (Å²) >= 11 is 0. The molecule has 2 saturated heterocycles. The molecule has 4 rings (SSSR count). The van der Waals surface area contributed by atoms with Gasteiger partial charge in [0, 0.05) is 51.4 Å². The highest BCUT2D eigenvalue weighted by Gasteiger charge is 2.37. The highest BCUT2D eigenvalue weighted by Crippen LogP contribution is 2.26. The standard InChI is InChI=1S/C38H52N6O8/c1-27(45)31(40-34(47)50-26-28-13-9-8-10-14-28)17-18-32(46)42-23-21-41(22-24-42)30-16-11-15-29(25-30)39-33-43(35(48)51-37(2,3)4)19-12-20-44(33)36(49)52-38(5,6)7/h8-11,13-16,25,31H,12,17-24,26H2,1-7H3,(H,40,47)/t31-/m0/s1. The zero-order chi connectivity index (χ0) is 38.1. The lowest BCUT2D eigenvalue weighted by atomic mass is 10.1. The third kappa shape index (κ3) is 12.0. The first kappa shape index (κ1) is 39.6. The molecule has 1 N–H and O–H groups in total. The van der Waals surface area contributed by atoms with Crippen molar-refractivity contribution < 1.29 is 38.2 Å². The van der Waals surface area contributed by atoms with Gasteiger partial charge < -0.3 is 29.3 Å². The number of nitrogens with zero attached hydrogens (tertiary/aromatic N) is 5. The molecule has 0 bridgehead atoms. The van der Waals surface area contributed by atoms with Crippen molar-refractivity contribution in [3.05, 3.63) is 60.2 Å². The van der Waals surface area contributed by atoms with Crippen LogP contribution in [0.25, 0.3) is 0 Å². The minimum absolute atomic E-state index is 0.0754. The van der Waals surface area contributed by atoms with Gasteiger partial charge in [-0.05, 0) is 85.1 Å². The van der Waals surface area contributed by atoms with Crippen LogP contribution in [-0.2, 0) is 30.4 Å². The smallest absolute Gasteiger partial charge is 0.417 e. The summed E-state index contributed by atoms with van der Waals surface area (Å²) < 4.78 is 16.6. The zero-order valence-electron chi connectivity index (χ0n) is 31.3. The highest BCUT2D eigenvalue weighted by atomic mass is 16.6. The highest BCUT2D eigenvalue weighted by molar-refractivity contribution is 6.03. The molecule has 0 saturated carbocycles. The number of hydrogen-bond donors (Lipinski definition) is 1. The first-order valence-corrected chi connectivity index (χ1v) is 17.7. The second-order valence-corrected chi connectivity index (χ2v) is 14.8. The summed E-state index contributed by atoms with van der Waals surface area (Å²) in [6.07, 6.45) is -1.14. The summed E-state index contributed by atoms with van der Waals surface area (Å²) in [5.74, 6) is -0.230. The van der Waals surface area contributed by atoms with Gasteiger partial charge in [0.2, 0.25) is 11.9 Å². The fraction of sp³-hybridized carbons (Fsp3) is 0.526. The number of rotatable bonds is 9. The molecule has 1 atom stereocenters. The molecule has 282 valence electrons. The zero-order valence-corrected chi connectivity index (χ0v) is 31.3. The van der Waals surface area contributed by atoms with Gasteiger partial charge in [0.15, 0.2) is 5.78 Å². The average Bonchev–Trinajstić information content (AvgIpc) is 3.08. The Hall–Kier alpha value is -5.14. The summed E-state index contributed by atoms with van der Waals surface area (Å²) in [4.78, 5) is 75.7. The van der Waals surface area contributed by atoms with Crippen molar-refractivity contribution in [2.24, 2.45) is 4.99 Å². The van der Waals surface area contributed by atoms with Gasteiger partial charge in [-0.25, -0.2) is 29.2 Å². The largest absolute Gasteiger partial charge is 0.445 e. The lowest BCUT2D eigenvalue weighted by molar-refractivity contribution is -0.131. The van der Waals surface area contributed by atoms with Gasteiger partial charge in [-0.3, -0.25) is 9.59 Å². The lowest BCUT2D eigenvalue weighted by Gasteiger charge is -2.38. The molecule has 4 amide bonds. The molecule has 0 radical (unpaired) electrons. The van der Waals surface area contributed by atoms with Crippen LogP contribution >= 0.6 is 0 Å². The average molecular weight is 721 g/mol. The quantitative estimate of drug-likeness (QED) is 0.314. The van der Waals surface area contributed by atoms with Crippen LogP contribution in [0.4, 0.5) is 25.8 Å². The fourth-order valence-corrected chi connectivity index (χ4v) is 5.63. The number of amides is 4. The van der Waals surface area contributed by atoms with Gasteiger partial charge in [0.1, 0.15) is 17.8 Å². The summed E-state index contributed by atoms with van der Waals surface area (Å²) in [7, 11) is 0. The molecule has 2 heterocycles. The Morgan fingerprint density at radius 1 is 0.788 bits per heavy atom. The monoisotopic (exact) mass is 720 g/mol. The van der Waals surface area contributed by atoms with Crippen LogP contribution in [0.15, 0.2) is 59.6 Å². The number of piperazine rings is 1. The van der Waals surface area contributed by atoms with E-state index in [9.17, 15) is 24.0 Å². The summed E-state index contributed by atoms with van der Waals surface area (Å²) in [5.41, 5.74) is 0.725. The topological polar surface area (TPSA) is 150 Å². The maximum Gasteiger partial charge on any atom is 0.417 e. The van der Waals surface area contributed by atoms with Gasteiger partial charge >= 0.3 is 18.3 Å². The maximum atomic E-state index is 13.3. The van der Waals surface area contributed by atoms with Crippen molar-refractivity contribution in [1.29, 1.82) is 0 Å². The summed E-state index contributed by atoms with van der Waals surface area (Å²) in [6, 6.07) is 15.8. The number of guanidine groups is 1. The number of anilines is 1. The molecule has 52 heavy (non-hydrogen) atoms. The van der Waals surface area contributed by atoms with Gasteiger partial charge in [-0.1, -0.05) is 36.4 Å². The van der Waals surface area contributed by atoms with E-state index < -0.39 is 35.5 Å². The minimum atomic E-state index is -0.834. The first-order chi connectivity index (χ1) is 24.5. The Morgan fingerprint density at radius 2 is 1.38 bits per heavy atom. The van der Waals surface area contributed by atoms with Crippen LogP contribution in [0.5, 0.6) is 0 Å². The number of carbonyl (C=O) groups excluding carboxylic acids is 5. The van der Waals surface area contributed by atoms with Gasteiger partial charge in [-0.15, -0.1) is 0 Å². The molecular weight excluding hydrogens is 668 g/mol. The molecular formula is C38H52N6O8. The Labute approximate surface area is 306 Å². The Bertz CT molecular complexity index is 1570. The molecule has 2 aliphatic rings. The third-order valence-electron chi connectivity index (χ3n) is 8.17. The Morgan fingerprint density at radius 3 is 1.94 bits per heavy atom. The van der Waals surface area contributed by atoms with E-state index in [0.29, 0.717) is 51.4 Å². The molecule has 2 fully saturated rings. The number of ketones is 1. The van der Waals surface area contributed by atoms with Crippen molar-refractivity contribution in [2.75, 3.05) is 44.2 Å². The van der Waals surface area contributed by atoms with Crippen molar-refractivity contribution >= 4 is 47.3 Å². The fourth-order valence-electron chi connectivity index (χ4n) is 5.63. The van der Waals surface area contributed by atoms with E-state index in [1.165, 1.54) is 16.7 Å². The maximum absolute atomic E-state index is 13.3. The molecule has 2 aromatic carbocycles. The molecule has 14 heteroatoms. The minimum Gasteiger partial charge on any atom is -0.445 e. The number of hydrogen-bond acceptors (Lipinski definition) is 10. The van der Waals surface area contributed by atoms with E-state index in [1.54, 1.807) is 52.5 Å². The van der Waals surface area contributed by atoms with Gasteiger partial charge in [-0.2, -0.15) is 0 Å². The number of benzene rings is 2. The summed E-state index contributed by atoms with van der Waals surface area (Å²) in [6.45, 7) is 14.8. The van der Waals surface area contributed by atoms with Crippen LogP contribution < -0.4 is 10.2 Å². The van der Waals surface area contributed by atoms with Crippen LogP contribution in [0.1, 0.15) is 73.3 Å². The van der Waals surface area contributed by atoms with E-state index in [4.69, 9.17) is 19.2 Å². The molecule has 0 aromatic heterocycles. The predicted octanol–water partition coefficient (Wildman–Crippen LogP) is 5.86. The van der Waals surface area contributed by atoms with Crippen molar-refractivity contribution in [1.82, 2.24) is 20.0 Å². The summed E-state index contributed by atoms with van der Waals surface area (Å²) in [5, 5.41) is 2.59. The number of nitrogens with one attached hydrogen (secondary N) is 1. The number of aliphatic imine (C=N–C) groups is 1. The number of Topliss-reactive ketones (excluding diaryl/α,β-unsaturated/α-hetero) is 1. The SMILES string of the molecule is CC(=O)[C@H](CCC(=O)N1CCN(c2cccc(N=C3N(C(=O)OC(C)(C)C)CCCN3C(=O)OC(C)(C)C)c2)CC1)NC(=O)OCc1ccccc1. The Balaban J connectivity index is 1.38. The number of alkyl carbamates (subject to hydrolysis) is 1. The van der Waals surface area contributed by atoms with Crippen LogP contribution in [0.2, 0.25) is 0 Å². The molecule has 14 nitrogen and oxygen atoms in total. The predicted molar refractivity (Wildman–Crippen MR) is 196 cm³/mol. The lowest BCUT2D eigenvalue weighted by Crippen LogP contribution is -2.56. The van der Waals surface area contributed by atoms with E-state index in [1.807, 2.05) is 48.5 Å². The van der Waals surface area contributed by atoms with E-state index in [2.05, 4.69) is 10.2 Å². The van der Waals surface area contributed by atoms with Crippen LogP contribution in [0.3, 0.4) is 0 Å². The van der Waals surface area contributed by atoms with Gasteiger partial charge in [0.25, 0.3) is 0 Å². The number of ether oxygens (including phenoxy) is 3. The van der Waals surface area contributed by atoms with Crippen LogP contribution in [-0.4, -0.2) is 107 Å². The molecule has 0 aliphatic carbocycles. The second-order valence-electron chi connectivity index (χ2n) is 14.8. The van der Waals surface area contributed by atoms with Crippen molar-refractivity contribution in [3.63, 3.8) is 0 Å². The molecule has 0 spiro atoms. The third-order valence-corrected chi connectivity index (χ3v) is 8.17. The normalized spacial score (nSPS) is 15.8. The molecule has 2 aromatic rings. The van der Waals surface area contributed by atoms with Crippen LogP contribution in [0, 0.1) is 0 Å². The second kappa shape index (κ2) is 17.4. The van der Waals surface area contributed by atoms with Crippen molar-refractivity contribution in [2.45, 2.75) is 91.6 Å². The van der Waals surface area contributed by atoms with Crippen molar-refractivity contribution in [3.8, 4) is 0 Å².